The fourth-order valence-corrected chi connectivity index (χ4v) is 0. The van der Waals surface area contributed by atoms with Gasteiger partial charge in [0.15, 0.2) is 0 Å². The van der Waals surface area contributed by atoms with E-state index in [2.05, 4.69) is 0 Å². The van der Waals surface area contributed by atoms with Crippen LogP contribution in [0.15, 0.2) is 21.4 Å². The van der Waals surface area contributed by atoms with E-state index in [0.29, 0.717) is 0 Å². The molecular formula is CoKN4NaO8. The Hall–Kier alpha value is 0.743. The minimum atomic E-state index is 0. The second-order valence-corrected chi connectivity index (χ2v) is 0.298. The molecule has 0 bridgehead atoms. The van der Waals surface area contributed by atoms with E-state index < -0.39 is 0 Å². The molecule has 15 heteroatoms. The van der Waals surface area contributed by atoms with Gasteiger partial charge in [0.25, 0.3) is 0 Å². The van der Waals surface area contributed by atoms with E-state index in [-0.39, 0.29) is 97.7 Å². The Morgan fingerprint density at radius 1 is 0.600 bits per heavy atom. The number of hydrogen-bond acceptors (Lipinski definition) is 12. The van der Waals surface area contributed by atoms with Crippen molar-refractivity contribution < 1.29 is 97.7 Å². The van der Waals surface area contributed by atoms with Gasteiger partial charge in [-0.05, 0) is 0 Å². The zero-order valence-electron chi connectivity index (χ0n) is 7.39. The second kappa shape index (κ2) is 124. The summed E-state index contributed by atoms with van der Waals surface area (Å²) < 4.78 is 0. The molecule has 0 amide bonds. The first-order chi connectivity index (χ1) is 5.66. The van der Waals surface area contributed by atoms with Crippen LogP contribution in [-0.4, -0.2) is 0 Å². The standard InChI is InChI=1S/Co.K.4HNO2.Na/c;;4*2-1-3;/h;;4*(H,2,3);/q+2;+1;;;;;+1/p-4. The third-order valence-electron chi connectivity index (χ3n) is 0. The Kier molecular flexibility index (Phi) is 369. The zero-order valence-corrected chi connectivity index (χ0v) is 13.6. The van der Waals surface area contributed by atoms with E-state index in [0.717, 1.165) is 21.4 Å². The molecule has 15 heavy (non-hydrogen) atoms. The SMILES string of the molecule is O=N[O-].O=N[O-].O=N[O-].O=N[O-].[Co+2].[K+].[Na+]. The average molecular weight is 305 g/mol. The molecule has 0 N–H and O–H groups in total. The summed E-state index contributed by atoms with van der Waals surface area (Å²) in [5, 5.41) is 36.0. The van der Waals surface area contributed by atoms with Gasteiger partial charge in [0, 0.05) is 0 Å². The fourth-order valence-electron chi connectivity index (χ4n) is 0. The molecule has 0 saturated heterocycles. The molecule has 0 aromatic heterocycles. The van der Waals surface area contributed by atoms with Gasteiger partial charge < -0.3 is 40.5 Å². The topological polar surface area (TPSA) is 210 Å². The molecule has 0 aliphatic rings. The van der Waals surface area contributed by atoms with Gasteiger partial charge in [0.1, 0.15) is 0 Å². The van der Waals surface area contributed by atoms with E-state index in [4.69, 9.17) is 40.5 Å². The summed E-state index contributed by atoms with van der Waals surface area (Å²) in [7, 11) is 0. The van der Waals surface area contributed by atoms with E-state index in [1.165, 1.54) is 0 Å². The van der Waals surface area contributed by atoms with Crippen LogP contribution in [-0.2, 0) is 16.8 Å². The van der Waals surface area contributed by atoms with Crippen LogP contribution in [0.4, 0.5) is 0 Å². The molecule has 0 spiro atoms. The van der Waals surface area contributed by atoms with Crippen LogP contribution in [0, 0.1) is 40.5 Å². The Balaban J connectivity index is -0.0000000107. The summed E-state index contributed by atoms with van der Waals surface area (Å²) in [5.74, 6) is 0. The van der Waals surface area contributed by atoms with Gasteiger partial charge in [-0.3, -0.25) is 0 Å². The van der Waals surface area contributed by atoms with E-state index in [1.807, 2.05) is 0 Å². The van der Waals surface area contributed by atoms with Gasteiger partial charge in [-0.1, -0.05) is 0 Å². The predicted molar refractivity (Wildman–Crippen MR) is 36.6 cm³/mol. The van der Waals surface area contributed by atoms with Crippen molar-refractivity contribution in [1.82, 2.24) is 0 Å². The Labute approximate surface area is 157 Å². The maximum Gasteiger partial charge on any atom is 2.00 e. The van der Waals surface area contributed by atoms with Crippen LogP contribution < -0.4 is 80.9 Å². The van der Waals surface area contributed by atoms with E-state index in [1.54, 1.807) is 0 Å². The van der Waals surface area contributed by atoms with Gasteiger partial charge in [-0.2, -0.15) is 0 Å². The van der Waals surface area contributed by atoms with Crippen molar-refractivity contribution in [1.29, 1.82) is 0 Å². The van der Waals surface area contributed by atoms with Crippen molar-refractivity contribution in [2.24, 2.45) is 21.4 Å². The van der Waals surface area contributed by atoms with Crippen LogP contribution in [0.2, 0.25) is 0 Å². The summed E-state index contributed by atoms with van der Waals surface area (Å²) >= 11 is 0. The smallest absolute Gasteiger partial charge is 0.444 e. The summed E-state index contributed by atoms with van der Waals surface area (Å²) in [6, 6.07) is 0. The maximum atomic E-state index is 8.00. The number of hydrogen-bond donors (Lipinski definition) is 0. The molecule has 0 saturated carbocycles. The van der Waals surface area contributed by atoms with Gasteiger partial charge in [0.05, 0.1) is 0 Å². The molecule has 0 unspecified atom stereocenters. The quantitative estimate of drug-likeness (QED) is 0.239. The third kappa shape index (κ3) is 4340. The van der Waals surface area contributed by atoms with Crippen molar-refractivity contribution in [2.45, 2.75) is 0 Å². The largest absolute Gasteiger partial charge is 2.00 e. The number of rotatable bonds is 0. The monoisotopic (exact) mass is 305 g/mol. The molecule has 0 heterocycles. The molecular weight excluding hydrogens is 305 g/mol. The van der Waals surface area contributed by atoms with Crippen LogP contribution >= 0.6 is 0 Å². The van der Waals surface area contributed by atoms with Crippen molar-refractivity contribution >= 4 is 0 Å². The van der Waals surface area contributed by atoms with Crippen LogP contribution in [0.5, 0.6) is 0 Å². The molecule has 12 nitrogen and oxygen atoms in total. The molecule has 0 atom stereocenters. The van der Waals surface area contributed by atoms with Crippen molar-refractivity contribution in [3.63, 3.8) is 0 Å². The molecule has 1 radical (unpaired) electrons. The van der Waals surface area contributed by atoms with Crippen LogP contribution in [0.1, 0.15) is 0 Å². The van der Waals surface area contributed by atoms with Crippen LogP contribution in [0.3, 0.4) is 0 Å². The maximum absolute atomic E-state index is 8.00. The van der Waals surface area contributed by atoms with Crippen molar-refractivity contribution in [3.05, 3.63) is 40.5 Å². The fraction of sp³-hybridized carbons (Fsp3) is 0. The second-order valence-electron chi connectivity index (χ2n) is 0.298. The summed E-state index contributed by atoms with van der Waals surface area (Å²) in [6.45, 7) is 0. The summed E-state index contributed by atoms with van der Waals surface area (Å²) in [5.41, 5.74) is 0. The molecule has 0 aliphatic heterocycles. The van der Waals surface area contributed by atoms with Gasteiger partial charge in [-0.25, -0.2) is 0 Å². The summed E-state index contributed by atoms with van der Waals surface area (Å²) in [6.07, 6.45) is 0. The minimum absolute atomic E-state index is 0. The zero-order chi connectivity index (χ0) is 10.8. The normalized spacial score (nSPS) is 3.20. The summed E-state index contributed by atoms with van der Waals surface area (Å²) in [4.78, 5) is 32.0. The Morgan fingerprint density at radius 2 is 0.600 bits per heavy atom. The van der Waals surface area contributed by atoms with Crippen LogP contribution in [0.25, 0.3) is 0 Å². The molecule has 79 valence electrons. The van der Waals surface area contributed by atoms with E-state index >= 15 is 0 Å². The average Bonchev–Trinajstić information content (AvgIpc) is 1.92. The predicted octanol–water partition coefficient (Wildman–Crippen LogP) is -4.99. The first kappa shape index (κ1) is 44.8. The molecule has 0 aromatic rings. The van der Waals surface area contributed by atoms with Gasteiger partial charge in [-0.15, -0.1) is 21.4 Å². The molecule has 0 rings (SSSR count). The van der Waals surface area contributed by atoms with Crippen molar-refractivity contribution in [2.75, 3.05) is 0 Å². The molecule has 0 aromatic carbocycles. The van der Waals surface area contributed by atoms with Crippen molar-refractivity contribution in [3.8, 4) is 0 Å². The molecule has 0 aliphatic carbocycles. The number of nitrogens with zero attached hydrogens (tertiary/aromatic N) is 4. The minimum Gasteiger partial charge on any atom is -0.444 e. The molecule has 0 fully saturated rings. The van der Waals surface area contributed by atoms with E-state index in [9.17, 15) is 0 Å². The van der Waals surface area contributed by atoms with Gasteiger partial charge in [0.2, 0.25) is 0 Å². The third-order valence-corrected chi connectivity index (χ3v) is 0. The van der Waals surface area contributed by atoms with Gasteiger partial charge >= 0.3 is 97.7 Å². The first-order valence-electron chi connectivity index (χ1n) is 1.46. The Morgan fingerprint density at radius 3 is 0.600 bits per heavy atom. The first-order valence-corrected chi connectivity index (χ1v) is 1.46. The Bertz CT molecular complexity index is 80.6.